The van der Waals surface area contributed by atoms with E-state index in [0.717, 1.165) is 195 Å². The molecule has 1 unspecified atom stereocenters. The van der Waals surface area contributed by atoms with Crippen molar-refractivity contribution < 1.29 is 33.9 Å². The van der Waals surface area contributed by atoms with E-state index in [0.29, 0.717) is 71.9 Å². The maximum absolute atomic E-state index is 12.7. The van der Waals surface area contributed by atoms with Gasteiger partial charge >= 0.3 is 0 Å². The molecule has 6 heterocycles. The summed E-state index contributed by atoms with van der Waals surface area (Å²) in [5.74, 6) is 4.83. The van der Waals surface area contributed by atoms with E-state index in [1.807, 2.05) is 228 Å². The second kappa shape index (κ2) is 58.2. The SMILES string of the molecule is CCCc1nc(-c2ccccc2)cnc1NC(=O)C(C)CC.CCCc1nc(-c2ccccc2)cnc1NC(=O)CC(C)C.CCCc1nc(-c2ccccc2)cnc1NC(=O)CC1CCCCC1.CCCc1nc(-c2ccccc2)cnc1NC(=O)Cc1ccc2ccccc2c1.CCCc1nc(-c2ccccc2)cnc1NC(C)=O.O=C(Cc1ccc(O)cc1)Nc1ncc(-c2ccccc2)nc1CC1CCCC1. The minimum absolute atomic E-state index is 0.00149. The summed E-state index contributed by atoms with van der Waals surface area (Å²) in [5.41, 5.74) is 18.1. The molecule has 6 amide bonds. The Morgan fingerprint density at radius 3 is 0.959 bits per heavy atom. The molecule has 0 saturated heterocycles. The van der Waals surface area contributed by atoms with Crippen LogP contribution in [0.3, 0.4) is 0 Å². The van der Waals surface area contributed by atoms with E-state index in [2.05, 4.69) is 131 Å². The van der Waals surface area contributed by atoms with Crippen molar-refractivity contribution in [2.45, 2.75) is 230 Å². The molecule has 2 aliphatic rings. The molecule has 2 fully saturated rings. The Morgan fingerprint density at radius 1 is 0.315 bits per heavy atom. The zero-order valence-corrected chi connectivity index (χ0v) is 85.9. The lowest BCUT2D eigenvalue weighted by Crippen LogP contribution is -2.21. The topological polar surface area (TPSA) is 350 Å². The second-order valence-corrected chi connectivity index (χ2v) is 37.3. The largest absolute Gasteiger partial charge is 0.508 e. The highest BCUT2D eigenvalue weighted by atomic mass is 16.3. The predicted octanol–water partition coefficient (Wildman–Crippen LogP) is 26.4. The van der Waals surface area contributed by atoms with E-state index in [4.69, 9.17) is 19.9 Å². The number of hydrogen-bond donors (Lipinski definition) is 7. The van der Waals surface area contributed by atoms with E-state index >= 15 is 0 Å². The van der Waals surface area contributed by atoms with Crippen molar-refractivity contribution in [3.8, 4) is 73.3 Å². The Bertz CT molecular complexity index is 6660. The third-order valence-corrected chi connectivity index (χ3v) is 24.8. The van der Waals surface area contributed by atoms with Gasteiger partial charge in [-0.05, 0) is 110 Å². The highest BCUT2D eigenvalue weighted by Crippen LogP contribution is 2.34. The van der Waals surface area contributed by atoms with Crippen LogP contribution in [0.25, 0.3) is 78.3 Å². The van der Waals surface area contributed by atoms with Gasteiger partial charge in [-0.1, -0.05) is 376 Å². The Hall–Kier alpha value is -15.7. The molecule has 754 valence electrons. The Kier molecular flexibility index (Phi) is 43.5. The molecule has 2 saturated carbocycles. The summed E-state index contributed by atoms with van der Waals surface area (Å²) in [5, 5.41) is 29.2. The monoisotopic (exact) mass is 1960 g/mol. The minimum atomic E-state index is -0.134. The van der Waals surface area contributed by atoms with Gasteiger partial charge in [0, 0.05) is 59.1 Å². The predicted molar refractivity (Wildman–Crippen MR) is 587 cm³/mol. The Labute approximate surface area is 859 Å². The van der Waals surface area contributed by atoms with E-state index < -0.39 is 0 Å². The molecule has 146 heavy (non-hydrogen) atoms. The van der Waals surface area contributed by atoms with Crippen molar-refractivity contribution in [2.75, 3.05) is 31.9 Å². The van der Waals surface area contributed by atoms with Crippen LogP contribution < -0.4 is 31.9 Å². The molecule has 0 radical (unpaired) electrons. The fourth-order valence-corrected chi connectivity index (χ4v) is 17.0. The van der Waals surface area contributed by atoms with Gasteiger partial charge in [-0.25, -0.2) is 59.8 Å². The summed E-state index contributed by atoms with van der Waals surface area (Å²) in [7, 11) is 0. The first-order valence-electron chi connectivity index (χ1n) is 51.6. The molecule has 15 aromatic rings. The number of benzene rings is 9. The van der Waals surface area contributed by atoms with Gasteiger partial charge in [0.15, 0.2) is 34.9 Å². The molecule has 0 bridgehead atoms. The number of aromatic hydroxyl groups is 1. The maximum atomic E-state index is 12.7. The lowest BCUT2D eigenvalue weighted by Gasteiger charge is -2.21. The lowest BCUT2D eigenvalue weighted by atomic mass is 9.87. The number of nitrogens with zero attached hydrogens (tertiary/aromatic N) is 12. The Balaban J connectivity index is 0.000000157. The summed E-state index contributed by atoms with van der Waals surface area (Å²) in [6.45, 7) is 19.9. The standard InChI is InChI=1S/C25H23N3O.C24H25N3O2.C21H27N3O.2C18H23N3O.C15H17N3O/c1-2-8-22-25(26-17-23(27-22)20-10-4-3-5-11-20)28-24(29)16-18-13-14-19-9-6-7-12-21(19)15-18;28-20-12-10-18(11-13-20)15-23(29)27-24-21(14-17-6-4-5-7-17)26-22(16-25-24)19-8-2-1-3-9-19;1-2-9-18-21(24-20(25)14-16-10-5-3-6-11-16)22-15-19(23-18)17-12-7-4-8-13-17;1-4-8-15-18(21-17(22)11-13(2)3)19-12-16(20-15)14-9-6-5-7-10-14;1-4-9-15-17(21-18(22)13(3)5-2)19-12-16(20-15)14-10-7-6-8-11-14;1-3-7-13-15(17-11(2)19)16-10-14(18-13)12-8-5-4-6-9-12/h3-7,9-15,17H,2,8,16H2,1H3,(H,26,28,29);1-3,8-13,16-17,28H,4-7,14-15H2,(H,25,27,29);4,7-8,12-13,15-16H,2-3,5-6,9-11,14H2,1H3,(H,22,24,25);5-7,9-10,12-13H,4,8,11H2,1-3H3,(H,19,21,22);6-8,10-13H,4-5,9H2,1-3H3,(H,19,21,22);4-6,8-10H,3,7H2,1-2H3,(H,16,17,19). The molecule has 25 nitrogen and oxygen atoms in total. The summed E-state index contributed by atoms with van der Waals surface area (Å²) >= 11 is 0. The van der Waals surface area contributed by atoms with Gasteiger partial charge in [0.05, 0.1) is 118 Å². The van der Waals surface area contributed by atoms with Crippen LogP contribution in [0.2, 0.25) is 0 Å². The first-order chi connectivity index (χ1) is 71.1. The molecule has 1 atom stereocenters. The summed E-state index contributed by atoms with van der Waals surface area (Å²) in [4.78, 5) is 128. The first kappa shape index (κ1) is 109. The number of aryl methyl sites for hydroxylation is 5. The summed E-state index contributed by atoms with van der Waals surface area (Å²) in [6, 6.07) is 80.8. The molecular weight excluding hydrogens is 1820 g/mol. The zero-order valence-electron chi connectivity index (χ0n) is 85.9. The first-order valence-corrected chi connectivity index (χ1v) is 51.6. The number of aromatic nitrogens is 12. The van der Waals surface area contributed by atoms with Gasteiger partial charge in [0.1, 0.15) is 5.75 Å². The second-order valence-electron chi connectivity index (χ2n) is 37.3. The minimum Gasteiger partial charge on any atom is -0.508 e. The number of hydrogen-bond acceptors (Lipinski definition) is 19. The number of carbonyl (C=O) groups excluding carboxylic acids is 6. The van der Waals surface area contributed by atoms with E-state index in [1.54, 1.807) is 61.4 Å². The van der Waals surface area contributed by atoms with Crippen molar-refractivity contribution in [3.05, 3.63) is 331 Å². The highest BCUT2D eigenvalue weighted by molar-refractivity contribution is 5.95. The number of nitrogens with one attached hydrogen (secondary N) is 6. The molecule has 6 aromatic heterocycles. The van der Waals surface area contributed by atoms with Crippen LogP contribution in [0, 0.1) is 23.7 Å². The van der Waals surface area contributed by atoms with Crippen LogP contribution in [0.4, 0.5) is 34.9 Å². The van der Waals surface area contributed by atoms with E-state index in [9.17, 15) is 33.9 Å². The normalized spacial score (nSPS) is 12.3. The summed E-state index contributed by atoms with van der Waals surface area (Å²) < 4.78 is 0. The average molecular weight is 1960 g/mol. The number of phenols is 1. The number of rotatable bonds is 34. The van der Waals surface area contributed by atoms with Crippen LogP contribution in [0.5, 0.6) is 5.75 Å². The van der Waals surface area contributed by atoms with Crippen molar-refractivity contribution >= 4 is 81.1 Å². The van der Waals surface area contributed by atoms with Crippen LogP contribution in [0.15, 0.2) is 286 Å². The van der Waals surface area contributed by atoms with Crippen molar-refractivity contribution in [1.29, 1.82) is 0 Å². The number of carbonyl (C=O) groups is 6. The molecule has 25 heteroatoms. The number of phenolic OH excluding ortho intramolecular Hbond substituents is 1. The van der Waals surface area contributed by atoms with E-state index in [1.165, 1.54) is 70.1 Å². The van der Waals surface area contributed by atoms with Gasteiger partial charge in [0.2, 0.25) is 35.4 Å². The maximum Gasteiger partial charge on any atom is 0.229 e. The van der Waals surface area contributed by atoms with Crippen molar-refractivity contribution in [3.63, 3.8) is 0 Å². The quantitative estimate of drug-likeness (QED) is 0.0197. The third kappa shape index (κ3) is 34.9. The van der Waals surface area contributed by atoms with Crippen LogP contribution in [-0.2, 0) is 80.1 Å². The molecule has 0 aliphatic heterocycles. The van der Waals surface area contributed by atoms with Gasteiger partial charge in [-0.15, -0.1) is 0 Å². The zero-order chi connectivity index (χ0) is 103. The Morgan fingerprint density at radius 2 is 0.610 bits per heavy atom. The molecule has 9 aromatic carbocycles. The number of amides is 6. The number of anilines is 6. The van der Waals surface area contributed by atoms with Crippen molar-refractivity contribution in [1.82, 2.24) is 59.8 Å². The fourth-order valence-electron chi connectivity index (χ4n) is 17.0. The van der Waals surface area contributed by atoms with Gasteiger partial charge in [-0.2, -0.15) is 0 Å². The van der Waals surface area contributed by atoms with Gasteiger partial charge in [-0.3, -0.25) is 28.8 Å². The average Bonchev–Trinajstić information content (AvgIpc) is 1.14. The fraction of sp³-hybridized carbons (Fsp3) is 0.322. The van der Waals surface area contributed by atoms with E-state index in [-0.39, 0.29) is 53.5 Å². The number of fused-ring (bicyclic) bond motifs is 1. The molecule has 7 N–H and O–H groups in total. The van der Waals surface area contributed by atoms with Gasteiger partial charge < -0.3 is 37.0 Å². The smallest absolute Gasteiger partial charge is 0.229 e. The van der Waals surface area contributed by atoms with Crippen molar-refractivity contribution in [2.24, 2.45) is 23.7 Å². The molecular formula is C121H138N18O7. The van der Waals surface area contributed by atoms with Gasteiger partial charge in [0.25, 0.3) is 0 Å². The molecule has 17 rings (SSSR count). The highest BCUT2D eigenvalue weighted by Gasteiger charge is 2.25. The van der Waals surface area contributed by atoms with Crippen LogP contribution >= 0.6 is 0 Å². The summed E-state index contributed by atoms with van der Waals surface area (Å²) in [6.07, 6.45) is 33.5. The lowest BCUT2D eigenvalue weighted by molar-refractivity contribution is -0.119. The molecule has 2 aliphatic carbocycles. The molecule has 0 spiro atoms. The van der Waals surface area contributed by atoms with Crippen LogP contribution in [-0.4, -0.2) is 100 Å². The third-order valence-electron chi connectivity index (χ3n) is 24.8. The van der Waals surface area contributed by atoms with Crippen LogP contribution in [0.1, 0.15) is 224 Å².